The summed E-state index contributed by atoms with van der Waals surface area (Å²) < 4.78 is 8.56. The van der Waals surface area contributed by atoms with Crippen LogP contribution in [0.3, 0.4) is 0 Å². The van der Waals surface area contributed by atoms with E-state index in [2.05, 4.69) is 43.6 Å². The van der Waals surface area contributed by atoms with E-state index < -0.39 is 0 Å². The molecule has 0 amide bonds. The molecule has 1 saturated heterocycles. The van der Waals surface area contributed by atoms with Gasteiger partial charge in [-0.2, -0.15) is 0 Å². The maximum absolute atomic E-state index is 5.62. The van der Waals surface area contributed by atoms with E-state index >= 15 is 0 Å². The second-order valence-electron chi connectivity index (χ2n) is 4.72. The summed E-state index contributed by atoms with van der Waals surface area (Å²) in [7, 11) is 0. The Morgan fingerprint density at radius 3 is 2.89 bits per heavy atom. The molecule has 1 atom stereocenters. The van der Waals surface area contributed by atoms with Crippen molar-refractivity contribution in [2.24, 2.45) is 0 Å². The van der Waals surface area contributed by atoms with Gasteiger partial charge in [0.1, 0.15) is 0 Å². The van der Waals surface area contributed by atoms with Crippen LogP contribution in [-0.2, 0) is 17.7 Å². The molecule has 0 N–H and O–H groups in total. The monoisotopic (exact) mass is 322 g/mol. The Kier molecular flexibility index (Phi) is 3.89. The highest BCUT2D eigenvalue weighted by Crippen LogP contribution is 2.16. The van der Waals surface area contributed by atoms with Crippen LogP contribution in [0.25, 0.3) is 0 Å². The average molecular weight is 323 g/mol. The summed E-state index contributed by atoms with van der Waals surface area (Å²) in [5, 5.41) is 11.9. The van der Waals surface area contributed by atoms with Crippen molar-refractivity contribution in [1.29, 1.82) is 0 Å². The minimum absolute atomic E-state index is 0.257. The molecule has 1 unspecified atom stereocenters. The number of hydrogen-bond acceptors (Lipinski definition) is 4. The Hall–Kier alpha value is -1.27. The number of ether oxygens (including phenoxy) is 1. The van der Waals surface area contributed by atoms with Crippen LogP contribution in [0.1, 0.15) is 24.2 Å². The molecule has 1 aliphatic heterocycles. The van der Waals surface area contributed by atoms with E-state index in [9.17, 15) is 0 Å². The van der Waals surface area contributed by atoms with Gasteiger partial charge in [-0.3, -0.25) is 0 Å². The molecule has 0 spiro atoms. The molecule has 3 rings (SSSR count). The van der Waals surface area contributed by atoms with E-state index in [1.807, 2.05) is 16.8 Å². The van der Waals surface area contributed by atoms with Gasteiger partial charge in [-0.25, -0.2) is 4.68 Å². The Bertz CT molecular complexity index is 534. The third-order valence-corrected chi connectivity index (χ3v) is 3.81. The fourth-order valence-corrected chi connectivity index (χ4v) is 2.52. The van der Waals surface area contributed by atoms with Gasteiger partial charge in [0.05, 0.1) is 12.6 Å². The summed E-state index contributed by atoms with van der Waals surface area (Å²) >= 11 is 3.43. The van der Waals surface area contributed by atoms with Crippen LogP contribution in [0.5, 0.6) is 0 Å². The average Bonchev–Trinajstić information content (AvgIpc) is 3.06. The first-order valence-corrected chi connectivity index (χ1v) is 7.21. The van der Waals surface area contributed by atoms with Crippen molar-refractivity contribution in [3.63, 3.8) is 0 Å². The van der Waals surface area contributed by atoms with Crippen LogP contribution < -0.4 is 0 Å². The van der Waals surface area contributed by atoms with E-state index in [0.717, 1.165) is 42.7 Å². The molecule has 1 fully saturated rings. The van der Waals surface area contributed by atoms with Crippen molar-refractivity contribution in [3.8, 4) is 0 Å². The molecular formula is C13H15BrN4O. The smallest absolute Gasteiger partial charge is 0.155 e. The molecule has 19 heavy (non-hydrogen) atoms. The minimum atomic E-state index is 0.257. The van der Waals surface area contributed by atoms with E-state index in [4.69, 9.17) is 4.74 Å². The molecule has 5 nitrogen and oxygen atoms in total. The first-order chi connectivity index (χ1) is 9.31. The Morgan fingerprint density at radius 1 is 1.32 bits per heavy atom. The molecule has 2 aromatic rings. The van der Waals surface area contributed by atoms with Crippen LogP contribution >= 0.6 is 15.9 Å². The van der Waals surface area contributed by atoms with Crippen molar-refractivity contribution in [3.05, 3.63) is 40.1 Å². The molecule has 0 saturated carbocycles. The molecule has 100 valence electrons. The van der Waals surface area contributed by atoms with Gasteiger partial charge in [0, 0.05) is 17.5 Å². The number of benzene rings is 1. The van der Waals surface area contributed by atoms with Gasteiger partial charge in [-0.15, -0.1) is 5.10 Å². The number of rotatable bonds is 4. The minimum Gasteiger partial charge on any atom is -0.376 e. The summed E-state index contributed by atoms with van der Waals surface area (Å²) in [4.78, 5) is 0. The van der Waals surface area contributed by atoms with Gasteiger partial charge in [0.2, 0.25) is 0 Å². The van der Waals surface area contributed by atoms with Crippen LogP contribution in [0.15, 0.2) is 28.7 Å². The first kappa shape index (κ1) is 12.7. The van der Waals surface area contributed by atoms with Gasteiger partial charge in [-0.1, -0.05) is 28.1 Å². The van der Waals surface area contributed by atoms with E-state index in [1.54, 1.807) is 0 Å². The third-order valence-electron chi connectivity index (χ3n) is 3.28. The second kappa shape index (κ2) is 5.79. The largest absolute Gasteiger partial charge is 0.376 e. The summed E-state index contributed by atoms with van der Waals surface area (Å²) in [6.07, 6.45) is 3.23. The van der Waals surface area contributed by atoms with Gasteiger partial charge in [-0.05, 0) is 41.0 Å². The summed E-state index contributed by atoms with van der Waals surface area (Å²) in [5.41, 5.74) is 1.20. The van der Waals surface area contributed by atoms with Gasteiger partial charge in [0.25, 0.3) is 0 Å². The zero-order valence-electron chi connectivity index (χ0n) is 10.5. The lowest BCUT2D eigenvalue weighted by atomic mass is 10.1. The van der Waals surface area contributed by atoms with Crippen LogP contribution in [0.4, 0.5) is 0 Å². The zero-order chi connectivity index (χ0) is 13.1. The summed E-state index contributed by atoms with van der Waals surface area (Å²) in [5.74, 6) is 0.887. The quantitative estimate of drug-likeness (QED) is 0.866. The maximum atomic E-state index is 5.62. The highest BCUT2D eigenvalue weighted by molar-refractivity contribution is 9.10. The maximum Gasteiger partial charge on any atom is 0.155 e. The third kappa shape index (κ3) is 3.19. The highest BCUT2D eigenvalue weighted by Gasteiger charge is 2.18. The van der Waals surface area contributed by atoms with Gasteiger partial charge in [0.15, 0.2) is 5.82 Å². The van der Waals surface area contributed by atoms with E-state index in [-0.39, 0.29) is 6.10 Å². The Labute approximate surface area is 120 Å². The zero-order valence-corrected chi connectivity index (χ0v) is 12.1. The van der Waals surface area contributed by atoms with Crippen molar-refractivity contribution in [1.82, 2.24) is 20.2 Å². The van der Waals surface area contributed by atoms with Crippen molar-refractivity contribution < 1.29 is 4.74 Å². The lowest BCUT2D eigenvalue weighted by Gasteiger charge is -2.10. The molecular weight excluding hydrogens is 308 g/mol. The first-order valence-electron chi connectivity index (χ1n) is 6.42. The molecule has 0 bridgehead atoms. The number of hydrogen-bond donors (Lipinski definition) is 0. The predicted octanol–water partition coefficient (Wildman–Crippen LogP) is 2.21. The lowest BCUT2D eigenvalue weighted by molar-refractivity contribution is 0.0927. The second-order valence-corrected chi connectivity index (χ2v) is 5.63. The summed E-state index contributed by atoms with van der Waals surface area (Å²) in [6, 6.07) is 8.22. The molecule has 1 aromatic heterocycles. The SMILES string of the molecule is Brc1ccc(Cc2nnnn2CC2CCCO2)cc1. The molecule has 6 heteroatoms. The molecule has 2 heterocycles. The number of aromatic nitrogens is 4. The van der Waals surface area contributed by atoms with E-state index in [1.165, 1.54) is 5.56 Å². The molecule has 0 radical (unpaired) electrons. The topological polar surface area (TPSA) is 52.8 Å². The molecule has 1 aromatic carbocycles. The number of halogens is 1. The fourth-order valence-electron chi connectivity index (χ4n) is 2.26. The van der Waals surface area contributed by atoms with Crippen LogP contribution in [0.2, 0.25) is 0 Å². The predicted molar refractivity (Wildman–Crippen MR) is 73.7 cm³/mol. The van der Waals surface area contributed by atoms with Crippen LogP contribution in [-0.4, -0.2) is 32.9 Å². The van der Waals surface area contributed by atoms with Gasteiger partial charge < -0.3 is 4.74 Å². The molecule has 1 aliphatic rings. The van der Waals surface area contributed by atoms with Crippen LogP contribution in [0, 0.1) is 0 Å². The lowest BCUT2D eigenvalue weighted by Crippen LogP contribution is -2.18. The van der Waals surface area contributed by atoms with Crippen molar-refractivity contribution in [2.75, 3.05) is 6.61 Å². The summed E-state index contributed by atoms with van der Waals surface area (Å²) in [6.45, 7) is 1.60. The Balaban J connectivity index is 1.70. The van der Waals surface area contributed by atoms with Crippen molar-refractivity contribution >= 4 is 15.9 Å². The van der Waals surface area contributed by atoms with Crippen molar-refractivity contribution in [2.45, 2.75) is 31.9 Å². The standard InChI is InChI=1S/C13H15BrN4O/c14-11-5-3-10(4-6-11)8-13-15-16-17-18(13)9-12-2-1-7-19-12/h3-6,12H,1-2,7-9H2. The van der Waals surface area contributed by atoms with E-state index in [0.29, 0.717) is 0 Å². The fraction of sp³-hybridized carbons (Fsp3) is 0.462. The Morgan fingerprint density at radius 2 is 2.16 bits per heavy atom. The molecule has 0 aliphatic carbocycles. The number of nitrogens with zero attached hydrogens (tertiary/aromatic N) is 4. The number of tetrazole rings is 1. The normalized spacial score (nSPS) is 18.9. The van der Waals surface area contributed by atoms with Gasteiger partial charge >= 0.3 is 0 Å². The highest BCUT2D eigenvalue weighted by atomic mass is 79.9.